The van der Waals surface area contributed by atoms with Crippen LogP contribution < -0.4 is 20.1 Å². The Bertz CT molecular complexity index is 951. The number of benzene rings is 2. The van der Waals surface area contributed by atoms with Crippen LogP contribution in [0.3, 0.4) is 0 Å². The largest absolute Gasteiger partial charge is 0.454 e. The van der Waals surface area contributed by atoms with E-state index in [-0.39, 0.29) is 30.8 Å². The fourth-order valence-corrected chi connectivity index (χ4v) is 4.42. The first-order valence-corrected chi connectivity index (χ1v) is 10.2. The fraction of sp³-hybridized carbons (Fsp3) is 0.364. The Kier molecular flexibility index (Phi) is 4.92. The highest BCUT2D eigenvalue weighted by Crippen LogP contribution is 2.35. The number of hydrogen-bond donors (Lipinski definition) is 2. The van der Waals surface area contributed by atoms with Crippen molar-refractivity contribution in [2.75, 3.05) is 38.3 Å². The van der Waals surface area contributed by atoms with Gasteiger partial charge >= 0.3 is 6.03 Å². The van der Waals surface area contributed by atoms with Gasteiger partial charge in [-0.3, -0.25) is 9.69 Å². The maximum absolute atomic E-state index is 12.9. The van der Waals surface area contributed by atoms with Crippen LogP contribution in [-0.2, 0) is 0 Å². The minimum atomic E-state index is -0.195. The summed E-state index contributed by atoms with van der Waals surface area (Å²) >= 11 is 0. The van der Waals surface area contributed by atoms with Gasteiger partial charge in [-0.05, 0) is 30.7 Å². The van der Waals surface area contributed by atoms with Crippen LogP contribution in [-0.4, -0.2) is 66.8 Å². The van der Waals surface area contributed by atoms with E-state index in [9.17, 15) is 9.59 Å². The molecule has 2 fully saturated rings. The van der Waals surface area contributed by atoms with Crippen LogP contribution in [0.1, 0.15) is 16.8 Å². The number of amides is 3. The molecule has 2 N–H and O–H groups in total. The molecule has 3 aliphatic heterocycles. The molecule has 2 aromatic rings. The molecule has 8 heteroatoms. The molecule has 3 heterocycles. The molecule has 0 spiro atoms. The summed E-state index contributed by atoms with van der Waals surface area (Å²) in [5.74, 6) is 0.883. The topological polar surface area (TPSA) is 83.1 Å². The van der Waals surface area contributed by atoms with Gasteiger partial charge in [-0.15, -0.1) is 0 Å². The van der Waals surface area contributed by atoms with E-state index >= 15 is 0 Å². The first-order chi connectivity index (χ1) is 14.7. The van der Waals surface area contributed by atoms with Crippen molar-refractivity contribution in [3.8, 4) is 11.5 Å². The highest BCUT2D eigenvalue weighted by Gasteiger charge is 2.40. The molecule has 0 aliphatic carbocycles. The molecule has 30 heavy (non-hydrogen) atoms. The number of anilines is 1. The monoisotopic (exact) mass is 408 g/mol. The zero-order valence-corrected chi connectivity index (χ0v) is 16.5. The van der Waals surface area contributed by atoms with Crippen molar-refractivity contribution in [3.05, 3.63) is 54.1 Å². The molecule has 0 saturated carbocycles. The number of carbonyl (C=O) groups is 2. The summed E-state index contributed by atoms with van der Waals surface area (Å²) in [7, 11) is 0. The number of fused-ring (bicyclic) bond motifs is 3. The van der Waals surface area contributed by atoms with E-state index in [2.05, 4.69) is 15.5 Å². The van der Waals surface area contributed by atoms with Crippen molar-refractivity contribution in [3.63, 3.8) is 0 Å². The molecule has 3 atom stereocenters. The van der Waals surface area contributed by atoms with Crippen LogP contribution >= 0.6 is 0 Å². The Morgan fingerprint density at radius 2 is 1.90 bits per heavy atom. The molecule has 3 aliphatic rings. The third kappa shape index (κ3) is 3.54. The number of rotatable bonds is 4. The zero-order valence-electron chi connectivity index (χ0n) is 16.5. The van der Waals surface area contributed by atoms with Crippen LogP contribution in [0.2, 0.25) is 0 Å². The molecular weight excluding hydrogens is 384 g/mol. The van der Waals surface area contributed by atoms with Gasteiger partial charge in [-0.1, -0.05) is 24.3 Å². The van der Waals surface area contributed by atoms with Crippen molar-refractivity contribution >= 4 is 17.6 Å². The number of ether oxygens (including phenoxy) is 2. The lowest BCUT2D eigenvalue weighted by Gasteiger charge is -2.40. The molecule has 2 saturated heterocycles. The minimum Gasteiger partial charge on any atom is -0.454 e. The van der Waals surface area contributed by atoms with Crippen molar-refractivity contribution in [2.45, 2.75) is 18.5 Å². The Labute approximate surface area is 174 Å². The lowest BCUT2D eigenvalue weighted by Crippen LogP contribution is -2.58. The molecule has 0 radical (unpaired) electrons. The van der Waals surface area contributed by atoms with E-state index in [0.717, 1.165) is 25.2 Å². The van der Waals surface area contributed by atoms with Crippen molar-refractivity contribution in [1.29, 1.82) is 0 Å². The van der Waals surface area contributed by atoms with Gasteiger partial charge in [0.05, 0.1) is 5.56 Å². The molecule has 3 amide bonds. The van der Waals surface area contributed by atoms with Gasteiger partial charge < -0.3 is 25.0 Å². The number of hydrogen-bond acceptors (Lipinski definition) is 5. The first-order valence-electron chi connectivity index (χ1n) is 10.2. The highest BCUT2D eigenvalue weighted by molar-refractivity contribution is 5.98. The van der Waals surface area contributed by atoms with E-state index < -0.39 is 0 Å². The van der Waals surface area contributed by atoms with Gasteiger partial charge in [-0.25, -0.2) is 4.79 Å². The molecule has 1 unspecified atom stereocenters. The number of nitrogens with one attached hydrogen (secondary N) is 2. The Morgan fingerprint density at radius 1 is 1.03 bits per heavy atom. The van der Waals surface area contributed by atoms with Crippen molar-refractivity contribution in [2.24, 2.45) is 0 Å². The summed E-state index contributed by atoms with van der Waals surface area (Å²) in [5.41, 5.74) is 1.26. The number of urea groups is 1. The first kappa shape index (κ1) is 18.7. The second kappa shape index (κ2) is 7.87. The van der Waals surface area contributed by atoms with Gasteiger partial charge in [-0.2, -0.15) is 0 Å². The van der Waals surface area contributed by atoms with Crippen molar-refractivity contribution in [1.82, 2.24) is 15.1 Å². The normalized spacial score (nSPS) is 23.9. The van der Waals surface area contributed by atoms with Gasteiger partial charge in [0.1, 0.15) is 0 Å². The van der Waals surface area contributed by atoms with Crippen LogP contribution in [0.25, 0.3) is 0 Å². The Balaban J connectivity index is 1.23. The van der Waals surface area contributed by atoms with E-state index in [1.165, 1.54) is 0 Å². The molecule has 2 aromatic carbocycles. The van der Waals surface area contributed by atoms with Crippen LogP contribution in [0.4, 0.5) is 10.5 Å². The van der Waals surface area contributed by atoms with E-state index in [0.29, 0.717) is 30.2 Å². The number of nitrogens with zero attached hydrogens (tertiary/aromatic N) is 2. The van der Waals surface area contributed by atoms with Gasteiger partial charge in [0, 0.05) is 44.0 Å². The summed E-state index contributed by atoms with van der Waals surface area (Å²) < 4.78 is 10.8. The maximum Gasteiger partial charge on any atom is 0.322 e. The van der Waals surface area contributed by atoms with Gasteiger partial charge in [0.25, 0.3) is 5.91 Å². The molecule has 2 bridgehead atoms. The van der Waals surface area contributed by atoms with Gasteiger partial charge in [0.15, 0.2) is 11.5 Å². The standard InChI is InChI=1S/C22H24N4O4/c27-21(18-7-4-8-19-20(18)30-14-29-19)23-11-17-13-26(16-9-10-25(17)12-16)22(28)24-15-5-2-1-3-6-15/h1-8,16-17H,9-14H2,(H,23,27)(H,24,28)/t16-,17+/m0/s1. The molecule has 156 valence electrons. The summed E-state index contributed by atoms with van der Waals surface area (Å²) in [6.07, 6.45) is 0.948. The average molecular weight is 408 g/mol. The lowest BCUT2D eigenvalue weighted by molar-refractivity contribution is 0.0879. The third-order valence-electron chi connectivity index (χ3n) is 5.98. The van der Waals surface area contributed by atoms with Crippen LogP contribution in [0.15, 0.2) is 48.5 Å². The average Bonchev–Trinajstić information content (AvgIpc) is 3.41. The third-order valence-corrected chi connectivity index (χ3v) is 5.98. The summed E-state index contributed by atoms with van der Waals surface area (Å²) in [6.45, 7) is 2.93. The van der Waals surface area contributed by atoms with Crippen LogP contribution in [0, 0.1) is 0 Å². The highest BCUT2D eigenvalue weighted by atomic mass is 16.7. The molecule has 8 nitrogen and oxygen atoms in total. The van der Waals surface area contributed by atoms with Gasteiger partial charge in [0.2, 0.25) is 6.79 Å². The fourth-order valence-electron chi connectivity index (χ4n) is 4.42. The SMILES string of the molecule is O=C(NC[C@@H]1CN(C(=O)Nc2ccccc2)[C@H]2CCN1C2)c1cccc2c1OCO2. The summed E-state index contributed by atoms with van der Waals surface area (Å²) in [4.78, 5) is 29.9. The molecule has 5 rings (SSSR count). The predicted octanol–water partition coefficient (Wildman–Crippen LogP) is 2.14. The quantitative estimate of drug-likeness (QED) is 0.810. The van der Waals surface area contributed by atoms with Crippen LogP contribution in [0.5, 0.6) is 11.5 Å². The lowest BCUT2D eigenvalue weighted by atomic mass is 10.1. The van der Waals surface area contributed by atoms with E-state index in [4.69, 9.17) is 9.47 Å². The Morgan fingerprint density at radius 3 is 2.77 bits per heavy atom. The maximum atomic E-state index is 12.9. The Hall–Kier alpha value is -3.26. The van der Waals surface area contributed by atoms with E-state index in [1.54, 1.807) is 18.2 Å². The second-order valence-electron chi connectivity index (χ2n) is 7.79. The minimum absolute atomic E-state index is 0.0724. The summed E-state index contributed by atoms with van der Waals surface area (Å²) in [5, 5.41) is 6.00. The second-order valence-corrected chi connectivity index (χ2v) is 7.79. The molecular formula is C22H24N4O4. The molecule has 0 aromatic heterocycles. The smallest absolute Gasteiger partial charge is 0.322 e. The summed E-state index contributed by atoms with van der Waals surface area (Å²) in [6, 6.07) is 15.0. The number of para-hydroxylation sites is 2. The predicted molar refractivity (Wildman–Crippen MR) is 111 cm³/mol. The number of carbonyl (C=O) groups excluding carboxylic acids is 2. The zero-order chi connectivity index (χ0) is 20.5. The van der Waals surface area contributed by atoms with Crippen molar-refractivity contribution < 1.29 is 19.1 Å². The number of piperazine rings is 1. The van der Waals surface area contributed by atoms with E-state index in [1.807, 2.05) is 35.2 Å².